The van der Waals surface area contributed by atoms with Crippen molar-refractivity contribution in [2.24, 2.45) is 0 Å². The van der Waals surface area contributed by atoms with Crippen molar-refractivity contribution in [2.75, 3.05) is 17.6 Å². The molecule has 0 radical (unpaired) electrons. The van der Waals surface area contributed by atoms with Gasteiger partial charge in [-0.05, 0) is 45.0 Å². The number of nitrogens with one attached hydrogen (secondary N) is 2. The molecule has 2 rings (SSSR count). The van der Waals surface area contributed by atoms with Gasteiger partial charge in [-0.3, -0.25) is 4.21 Å². The van der Waals surface area contributed by atoms with Crippen LogP contribution in [0.5, 0.6) is 0 Å². The highest BCUT2D eigenvalue weighted by atomic mass is 32.2. The van der Waals surface area contributed by atoms with Gasteiger partial charge in [-0.1, -0.05) is 0 Å². The third-order valence-electron chi connectivity index (χ3n) is 3.13. The number of anilines is 1. The van der Waals surface area contributed by atoms with Crippen molar-refractivity contribution in [1.82, 2.24) is 5.32 Å². The van der Waals surface area contributed by atoms with Crippen molar-refractivity contribution in [2.45, 2.75) is 25.5 Å². The van der Waals surface area contributed by atoms with Gasteiger partial charge in [-0.2, -0.15) is 0 Å². The van der Waals surface area contributed by atoms with Crippen molar-refractivity contribution in [3.8, 4) is 0 Å². The molecule has 0 bridgehead atoms. The fourth-order valence-corrected chi connectivity index (χ4v) is 2.79. The Bertz CT molecular complexity index is 793. The van der Waals surface area contributed by atoms with Crippen molar-refractivity contribution >= 4 is 33.5 Å². The Morgan fingerprint density at radius 3 is 2.65 bits per heavy atom. The molecule has 2 N–H and O–H groups in total. The van der Waals surface area contributed by atoms with Gasteiger partial charge in [0.2, 0.25) is 0 Å². The van der Waals surface area contributed by atoms with Gasteiger partial charge in [0.25, 0.3) is 0 Å². The van der Waals surface area contributed by atoms with Crippen LogP contribution in [0.1, 0.15) is 20.8 Å². The lowest BCUT2D eigenvalue weighted by Crippen LogP contribution is -2.35. The van der Waals surface area contributed by atoms with Gasteiger partial charge in [0.15, 0.2) is 0 Å². The molecule has 1 aromatic carbocycles. The molecule has 7 heteroatoms. The third-order valence-corrected chi connectivity index (χ3v) is 5.07. The van der Waals surface area contributed by atoms with Crippen LogP contribution in [0.25, 0.3) is 11.0 Å². The maximum absolute atomic E-state index is 11.9. The molecule has 1 atom stereocenters. The van der Waals surface area contributed by atoms with E-state index in [4.69, 9.17) is 4.42 Å². The summed E-state index contributed by atoms with van der Waals surface area (Å²) in [4.78, 5) is 23.0. The van der Waals surface area contributed by atoms with Crippen molar-refractivity contribution in [3.63, 3.8) is 0 Å². The van der Waals surface area contributed by atoms with E-state index >= 15 is 0 Å². The standard InChI is InChI=1S/C16H20N2O4S/c1-16(2,3)23(21)9-8-17-15(20)18-12-5-6-13-11(10-12)4-7-14(19)22-13/h4-7,10H,8-9H2,1-3H3,(H2,17,18,20). The van der Waals surface area contributed by atoms with Gasteiger partial charge >= 0.3 is 11.7 Å². The van der Waals surface area contributed by atoms with E-state index < -0.39 is 16.4 Å². The summed E-state index contributed by atoms with van der Waals surface area (Å²) in [6.07, 6.45) is 0. The Labute approximate surface area is 136 Å². The molecule has 0 saturated carbocycles. The molecule has 0 aliphatic carbocycles. The fourth-order valence-electron chi connectivity index (χ4n) is 1.89. The van der Waals surface area contributed by atoms with Gasteiger partial charge in [0.1, 0.15) is 5.58 Å². The van der Waals surface area contributed by atoms with Crippen LogP contribution in [0.2, 0.25) is 0 Å². The highest BCUT2D eigenvalue weighted by Gasteiger charge is 2.18. The number of hydrogen-bond donors (Lipinski definition) is 2. The molecule has 1 unspecified atom stereocenters. The van der Waals surface area contributed by atoms with E-state index in [0.717, 1.165) is 5.39 Å². The molecule has 0 aliphatic heterocycles. The number of amides is 2. The molecule has 6 nitrogen and oxygen atoms in total. The zero-order chi connectivity index (χ0) is 17.0. The van der Waals surface area contributed by atoms with Crippen LogP contribution in [0.15, 0.2) is 39.5 Å². The Morgan fingerprint density at radius 2 is 1.96 bits per heavy atom. The molecule has 124 valence electrons. The van der Waals surface area contributed by atoms with Crippen LogP contribution in [0, 0.1) is 0 Å². The number of urea groups is 1. The molecule has 2 amide bonds. The zero-order valence-corrected chi connectivity index (χ0v) is 14.2. The number of benzene rings is 1. The number of hydrogen-bond acceptors (Lipinski definition) is 4. The molecule has 1 heterocycles. The Hall–Kier alpha value is -2.15. The molecular weight excluding hydrogens is 316 g/mol. The average molecular weight is 336 g/mol. The van der Waals surface area contributed by atoms with Crippen LogP contribution >= 0.6 is 0 Å². The minimum absolute atomic E-state index is 0.291. The van der Waals surface area contributed by atoms with E-state index in [1.54, 1.807) is 24.3 Å². The third kappa shape index (κ3) is 4.92. The normalized spacial score (nSPS) is 12.8. The van der Waals surface area contributed by atoms with E-state index in [0.29, 0.717) is 23.6 Å². The molecular formula is C16H20N2O4S. The predicted octanol–water partition coefficient (Wildman–Crippen LogP) is 2.46. The summed E-state index contributed by atoms with van der Waals surface area (Å²) in [6, 6.07) is 7.59. The summed E-state index contributed by atoms with van der Waals surface area (Å²) in [5.74, 6) is 0.403. The predicted molar refractivity (Wildman–Crippen MR) is 92.3 cm³/mol. The largest absolute Gasteiger partial charge is 0.423 e. The quantitative estimate of drug-likeness (QED) is 0.840. The number of fused-ring (bicyclic) bond motifs is 1. The Morgan fingerprint density at radius 1 is 1.22 bits per heavy atom. The summed E-state index contributed by atoms with van der Waals surface area (Å²) in [5.41, 5.74) is 0.632. The minimum atomic E-state index is -1.01. The molecule has 0 spiro atoms. The molecule has 0 fully saturated rings. The van der Waals surface area contributed by atoms with E-state index in [2.05, 4.69) is 10.6 Å². The van der Waals surface area contributed by atoms with E-state index in [9.17, 15) is 13.8 Å². The van der Waals surface area contributed by atoms with Gasteiger partial charge in [0.05, 0.1) is 0 Å². The molecule has 1 aromatic heterocycles. The summed E-state index contributed by atoms with van der Waals surface area (Å²) in [5, 5.41) is 6.09. The second kappa shape index (κ2) is 6.95. The highest BCUT2D eigenvalue weighted by Crippen LogP contribution is 2.17. The average Bonchev–Trinajstić information content (AvgIpc) is 2.46. The first-order valence-corrected chi connectivity index (χ1v) is 8.55. The van der Waals surface area contributed by atoms with Crippen LogP contribution in [0.4, 0.5) is 10.5 Å². The zero-order valence-electron chi connectivity index (χ0n) is 13.3. The summed E-state index contributed by atoms with van der Waals surface area (Å²) < 4.78 is 16.6. The molecule has 23 heavy (non-hydrogen) atoms. The lowest BCUT2D eigenvalue weighted by molar-refractivity contribution is 0.252. The molecule has 2 aromatic rings. The van der Waals surface area contributed by atoms with Gasteiger partial charge < -0.3 is 15.1 Å². The number of rotatable bonds is 4. The summed E-state index contributed by atoms with van der Waals surface area (Å²) >= 11 is 0. The van der Waals surface area contributed by atoms with Gasteiger partial charge in [-0.25, -0.2) is 9.59 Å². The topological polar surface area (TPSA) is 88.4 Å². The second-order valence-corrected chi connectivity index (χ2v) is 8.37. The number of carbonyl (C=O) groups is 1. The highest BCUT2D eigenvalue weighted by molar-refractivity contribution is 7.86. The molecule has 0 aliphatic rings. The first-order chi connectivity index (χ1) is 10.8. The molecule has 0 saturated heterocycles. The summed E-state index contributed by atoms with van der Waals surface area (Å²) in [6.45, 7) is 6.03. The van der Waals surface area contributed by atoms with Crippen molar-refractivity contribution in [3.05, 3.63) is 40.8 Å². The van der Waals surface area contributed by atoms with Gasteiger partial charge in [-0.15, -0.1) is 0 Å². The second-order valence-electron chi connectivity index (χ2n) is 6.05. The lowest BCUT2D eigenvalue weighted by atomic mass is 10.2. The smallest absolute Gasteiger partial charge is 0.336 e. The Balaban J connectivity index is 1.92. The maximum atomic E-state index is 11.9. The SMILES string of the molecule is CC(C)(C)S(=O)CCNC(=O)Nc1ccc2oc(=O)ccc2c1. The number of carbonyl (C=O) groups excluding carboxylic acids is 1. The van der Waals surface area contributed by atoms with E-state index in [-0.39, 0.29) is 10.8 Å². The van der Waals surface area contributed by atoms with Crippen LogP contribution in [-0.4, -0.2) is 27.3 Å². The fraction of sp³-hybridized carbons (Fsp3) is 0.375. The lowest BCUT2D eigenvalue weighted by Gasteiger charge is -2.17. The van der Waals surface area contributed by atoms with Crippen LogP contribution in [0.3, 0.4) is 0 Å². The summed E-state index contributed by atoms with van der Waals surface area (Å²) in [7, 11) is -1.01. The van der Waals surface area contributed by atoms with E-state index in [1.807, 2.05) is 20.8 Å². The minimum Gasteiger partial charge on any atom is -0.423 e. The first kappa shape index (κ1) is 17.2. The first-order valence-electron chi connectivity index (χ1n) is 7.23. The van der Waals surface area contributed by atoms with Crippen molar-refractivity contribution < 1.29 is 13.4 Å². The van der Waals surface area contributed by atoms with Crippen LogP contribution < -0.4 is 16.3 Å². The maximum Gasteiger partial charge on any atom is 0.336 e. The van der Waals surface area contributed by atoms with Crippen LogP contribution in [-0.2, 0) is 10.8 Å². The van der Waals surface area contributed by atoms with E-state index in [1.165, 1.54) is 6.07 Å². The Kier molecular flexibility index (Phi) is 5.20. The van der Waals surface area contributed by atoms with Crippen molar-refractivity contribution in [1.29, 1.82) is 0 Å². The monoisotopic (exact) mass is 336 g/mol. The van der Waals surface area contributed by atoms with Gasteiger partial charge in [0, 0.05) is 45.0 Å².